The maximum atomic E-state index is 10.1. The van der Waals surface area contributed by atoms with Crippen molar-refractivity contribution >= 4 is 13.6 Å². The molecule has 102 valence electrons. The van der Waals surface area contributed by atoms with Crippen LogP contribution in [0.15, 0.2) is 0 Å². The van der Waals surface area contributed by atoms with Crippen LogP contribution in [-0.4, -0.2) is 39.7 Å². The molecule has 17 heavy (non-hydrogen) atoms. The van der Waals surface area contributed by atoms with Crippen molar-refractivity contribution in [2.45, 2.75) is 38.1 Å². The van der Waals surface area contributed by atoms with Gasteiger partial charge in [-0.1, -0.05) is 19.3 Å². The van der Waals surface area contributed by atoms with Crippen molar-refractivity contribution in [3.8, 4) is 0 Å². The second kappa shape index (κ2) is 8.60. The van der Waals surface area contributed by atoms with E-state index in [1.165, 1.54) is 32.1 Å². The van der Waals surface area contributed by atoms with E-state index in [1.807, 2.05) is 0 Å². The first kappa shape index (κ1) is 16.5. The zero-order chi connectivity index (χ0) is 13.3. The molecule has 0 amide bonds. The van der Waals surface area contributed by atoms with E-state index >= 15 is 0 Å². The lowest BCUT2D eigenvalue weighted by molar-refractivity contribution is -0.135. The molecule has 1 aliphatic rings. The third-order valence-electron chi connectivity index (χ3n) is 2.24. The minimum atomic E-state index is -4.10. The fourth-order valence-corrected chi connectivity index (χ4v) is 1.85. The summed E-state index contributed by atoms with van der Waals surface area (Å²) in [6.07, 6.45) is 6.06. The fourth-order valence-electron chi connectivity index (χ4n) is 1.44. The molecule has 7 nitrogen and oxygen atoms in total. The van der Waals surface area contributed by atoms with Crippen molar-refractivity contribution < 1.29 is 24.3 Å². The molecule has 8 heteroatoms. The standard InChI is InChI=1S/C6H13N.C3H8NO5P/c7-6-4-2-1-3-5-6;5-3(6)1-4-2-10(7,8)9/h6H,1-5,7H2;4H,1-2H2,(H,5,6)(H2,7,8,9). The molecule has 1 fully saturated rings. The van der Waals surface area contributed by atoms with Crippen LogP contribution in [0, 0.1) is 0 Å². The zero-order valence-corrected chi connectivity index (χ0v) is 10.6. The summed E-state index contributed by atoms with van der Waals surface area (Å²) >= 11 is 0. The van der Waals surface area contributed by atoms with Crippen LogP contribution in [0.3, 0.4) is 0 Å². The molecule has 0 aromatic rings. The summed E-state index contributed by atoms with van der Waals surface area (Å²) in [5.74, 6) is -1.14. The number of nitrogens with one attached hydrogen (secondary N) is 1. The average Bonchev–Trinajstić information content (AvgIpc) is 2.17. The molecule has 0 heterocycles. The molecular weight excluding hydrogens is 247 g/mol. The van der Waals surface area contributed by atoms with E-state index in [9.17, 15) is 9.36 Å². The number of carbonyl (C=O) groups is 1. The van der Waals surface area contributed by atoms with Crippen LogP contribution in [0.5, 0.6) is 0 Å². The van der Waals surface area contributed by atoms with E-state index in [1.54, 1.807) is 0 Å². The Kier molecular flexibility index (Phi) is 8.37. The summed E-state index contributed by atoms with van der Waals surface area (Å²) in [6.45, 7) is -0.439. The zero-order valence-electron chi connectivity index (χ0n) is 9.71. The molecule has 0 unspecified atom stereocenters. The first-order chi connectivity index (χ1) is 7.81. The van der Waals surface area contributed by atoms with Crippen molar-refractivity contribution in [2.24, 2.45) is 5.73 Å². The summed E-state index contributed by atoms with van der Waals surface area (Å²) in [5.41, 5.74) is 5.63. The maximum Gasteiger partial charge on any atom is 0.339 e. The second-order valence-electron chi connectivity index (χ2n) is 4.04. The Hall–Kier alpha value is -0.460. The summed E-state index contributed by atoms with van der Waals surface area (Å²) in [5, 5.41) is 10.1. The lowest BCUT2D eigenvalue weighted by Crippen LogP contribution is -2.23. The Balaban J connectivity index is 0.000000318. The van der Waals surface area contributed by atoms with Crippen molar-refractivity contribution in [1.82, 2.24) is 5.32 Å². The lowest BCUT2D eigenvalue weighted by atomic mass is 9.97. The molecule has 0 spiro atoms. The molecule has 0 saturated heterocycles. The minimum absolute atomic E-state index is 0.439. The predicted molar refractivity (Wildman–Crippen MR) is 63.6 cm³/mol. The first-order valence-corrected chi connectivity index (χ1v) is 7.33. The van der Waals surface area contributed by atoms with Gasteiger partial charge in [0.1, 0.15) is 0 Å². The number of rotatable bonds is 4. The Morgan fingerprint density at radius 1 is 1.29 bits per heavy atom. The third-order valence-corrected chi connectivity index (χ3v) is 2.88. The molecule has 0 radical (unpaired) electrons. The SMILES string of the molecule is NC1CCCCC1.O=C(O)CNCP(=O)(O)O. The van der Waals surface area contributed by atoms with E-state index in [2.05, 4.69) is 5.32 Å². The van der Waals surface area contributed by atoms with E-state index in [4.69, 9.17) is 20.6 Å². The van der Waals surface area contributed by atoms with Gasteiger partial charge in [-0.25, -0.2) is 0 Å². The average molecular weight is 268 g/mol. The Morgan fingerprint density at radius 2 is 1.82 bits per heavy atom. The monoisotopic (exact) mass is 268 g/mol. The molecule has 6 N–H and O–H groups in total. The predicted octanol–water partition coefficient (Wildman–Crippen LogP) is 0.0736. The summed E-state index contributed by atoms with van der Waals surface area (Å²) in [4.78, 5) is 26.1. The molecule has 1 saturated carbocycles. The van der Waals surface area contributed by atoms with Crippen LogP contribution in [0.25, 0.3) is 0 Å². The Morgan fingerprint density at radius 3 is 2.12 bits per heavy atom. The molecule has 0 aromatic heterocycles. The molecule has 0 aromatic carbocycles. The highest BCUT2D eigenvalue weighted by molar-refractivity contribution is 7.51. The minimum Gasteiger partial charge on any atom is -0.480 e. The van der Waals surface area contributed by atoms with Crippen LogP contribution in [0.4, 0.5) is 0 Å². The summed E-state index contributed by atoms with van der Waals surface area (Å²) < 4.78 is 10.1. The van der Waals surface area contributed by atoms with Gasteiger partial charge in [0.25, 0.3) is 0 Å². The molecule has 0 bridgehead atoms. The van der Waals surface area contributed by atoms with Gasteiger partial charge in [0.15, 0.2) is 0 Å². The van der Waals surface area contributed by atoms with Gasteiger partial charge in [-0.05, 0) is 12.8 Å². The van der Waals surface area contributed by atoms with Crippen molar-refractivity contribution in [3.05, 3.63) is 0 Å². The third kappa shape index (κ3) is 13.5. The van der Waals surface area contributed by atoms with E-state index in [-0.39, 0.29) is 0 Å². The summed E-state index contributed by atoms with van der Waals surface area (Å²) in [7, 11) is -4.10. The maximum absolute atomic E-state index is 10.1. The van der Waals surface area contributed by atoms with Gasteiger partial charge in [-0.15, -0.1) is 0 Å². The van der Waals surface area contributed by atoms with E-state index < -0.39 is 26.4 Å². The molecule has 1 aliphatic carbocycles. The molecule has 0 aliphatic heterocycles. The van der Waals surface area contributed by atoms with Crippen molar-refractivity contribution in [2.75, 3.05) is 12.8 Å². The highest BCUT2D eigenvalue weighted by Crippen LogP contribution is 2.31. The summed E-state index contributed by atoms with van der Waals surface area (Å²) in [6, 6.07) is 0.536. The van der Waals surface area contributed by atoms with Crippen LogP contribution in [-0.2, 0) is 9.36 Å². The number of hydrogen-bond acceptors (Lipinski definition) is 4. The highest BCUT2D eigenvalue weighted by Gasteiger charge is 2.11. The van der Waals surface area contributed by atoms with Gasteiger partial charge >= 0.3 is 13.6 Å². The van der Waals surface area contributed by atoms with Gasteiger partial charge in [-0.2, -0.15) is 0 Å². The quantitative estimate of drug-likeness (QED) is 0.456. The second-order valence-corrected chi connectivity index (χ2v) is 5.69. The topological polar surface area (TPSA) is 133 Å². The van der Waals surface area contributed by atoms with E-state index in [0.717, 1.165) is 0 Å². The fraction of sp³-hybridized carbons (Fsp3) is 0.889. The van der Waals surface area contributed by atoms with Crippen LogP contribution in [0.2, 0.25) is 0 Å². The highest BCUT2D eigenvalue weighted by atomic mass is 31.2. The number of carboxylic acid groups (broad SMARTS) is 1. The van der Waals surface area contributed by atoms with Crippen LogP contribution < -0.4 is 11.1 Å². The van der Waals surface area contributed by atoms with Gasteiger partial charge in [0.2, 0.25) is 0 Å². The number of carboxylic acids is 1. The van der Waals surface area contributed by atoms with Crippen LogP contribution >= 0.6 is 7.60 Å². The van der Waals surface area contributed by atoms with Gasteiger partial charge in [0.05, 0.1) is 12.8 Å². The normalized spacial score (nSPS) is 17.1. The van der Waals surface area contributed by atoms with Gasteiger partial charge in [0, 0.05) is 6.04 Å². The largest absolute Gasteiger partial charge is 0.480 e. The van der Waals surface area contributed by atoms with Crippen molar-refractivity contribution in [1.29, 1.82) is 0 Å². The number of hydrogen-bond donors (Lipinski definition) is 5. The molecule has 1 rings (SSSR count). The lowest BCUT2D eigenvalue weighted by Gasteiger charge is -2.15. The molecule has 0 atom stereocenters. The number of nitrogens with two attached hydrogens (primary N) is 1. The van der Waals surface area contributed by atoms with Crippen molar-refractivity contribution in [3.63, 3.8) is 0 Å². The van der Waals surface area contributed by atoms with Crippen LogP contribution in [0.1, 0.15) is 32.1 Å². The number of aliphatic carboxylic acids is 1. The Bertz CT molecular complexity index is 262. The van der Waals surface area contributed by atoms with E-state index in [0.29, 0.717) is 6.04 Å². The van der Waals surface area contributed by atoms with Gasteiger partial charge in [-0.3, -0.25) is 14.7 Å². The smallest absolute Gasteiger partial charge is 0.339 e. The molecular formula is C9H21N2O5P. The first-order valence-electron chi connectivity index (χ1n) is 5.54. The Labute approximate surface area is 101 Å². The van der Waals surface area contributed by atoms with Gasteiger partial charge < -0.3 is 20.6 Å².